The average Bonchev–Trinajstić information content (AvgIpc) is 4.04. The van der Waals surface area contributed by atoms with Gasteiger partial charge in [-0.2, -0.15) is 0 Å². The third-order valence-corrected chi connectivity index (χ3v) is 13.7. The van der Waals surface area contributed by atoms with E-state index < -0.39 is 0 Å². The summed E-state index contributed by atoms with van der Waals surface area (Å²) in [7, 11) is 0. The Morgan fingerprint density at radius 3 is 1.78 bits per heavy atom. The molecular formula is C54H33N3O2S. The highest BCUT2D eigenvalue weighted by Gasteiger charge is 2.36. The van der Waals surface area contributed by atoms with Gasteiger partial charge in [0, 0.05) is 63.8 Å². The fraction of sp³-hybridized carbons (Fsp3) is 0.0556. The van der Waals surface area contributed by atoms with E-state index in [1.807, 2.05) is 42.5 Å². The van der Waals surface area contributed by atoms with Crippen molar-refractivity contribution in [3.63, 3.8) is 0 Å². The predicted octanol–water partition coefficient (Wildman–Crippen LogP) is 15.0. The molecule has 6 heteroatoms. The Morgan fingerprint density at radius 2 is 0.967 bits per heavy atom. The molecule has 5 nitrogen and oxygen atoms in total. The Morgan fingerprint density at radius 1 is 0.400 bits per heavy atom. The molecule has 282 valence electrons. The summed E-state index contributed by atoms with van der Waals surface area (Å²) in [5.74, 6) is 1.76. The van der Waals surface area contributed by atoms with Crippen LogP contribution in [0.1, 0.15) is 25.0 Å². The molecule has 0 radical (unpaired) electrons. The molecule has 4 heterocycles. The number of benzene rings is 8. The van der Waals surface area contributed by atoms with Crippen LogP contribution in [0.5, 0.6) is 0 Å². The molecule has 12 aromatic rings. The quantitative estimate of drug-likeness (QED) is 0.178. The lowest BCUT2D eigenvalue weighted by Gasteiger charge is -2.21. The highest BCUT2D eigenvalue weighted by atomic mass is 32.1. The van der Waals surface area contributed by atoms with Gasteiger partial charge in [0.1, 0.15) is 22.3 Å². The molecule has 1 aliphatic carbocycles. The van der Waals surface area contributed by atoms with Gasteiger partial charge in [-0.25, -0.2) is 15.0 Å². The van der Waals surface area contributed by atoms with Gasteiger partial charge in [-0.05, 0) is 75.8 Å². The van der Waals surface area contributed by atoms with E-state index in [1.54, 1.807) is 11.3 Å². The minimum Gasteiger partial charge on any atom is -0.456 e. The largest absolute Gasteiger partial charge is 0.456 e. The molecule has 0 bridgehead atoms. The molecular weight excluding hydrogens is 755 g/mol. The Kier molecular flexibility index (Phi) is 6.88. The summed E-state index contributed by atoms with van der Waals surface area (Å²) in [6, 6.07) is 57.7. The summed E-state index contributed by atoms with van der Waals surface area (Å²) in [6.45, 7) is 4.65. The van der Waals surface area contributed by atoms with Crippen LogP contribution < -0.4 is 0 Å². The van der Waals surface area contributed by atoms with Crippen molar-refractivity contribution in [2.75, 3.05) is 0 Å². The van der Waals surface area contributed by atoms with Gasteiger partial charge in [0.2, 0.25) is 0 Å². The second-order valence-electron chi connectivity index (χ2n) is 16.3. The van der Waals surface area contributed by atoms with Crippen LogP contribution in [-0.4, -0.2) is 15.0 Å². The average molecular weight is 788 g/mol. The highest BCUT2D eigenvalue weighted by Crippen LogP contribution is 2.52. The number of nitrogens with zero attached hydrogens (tertiary/aromatic N) is 3. The van der Waals surface area contributed by atoms with Crippen molar-refractivity contribution in [1.82, 2.24) is 15.0 Å². The van der Waals surface area contributed by atoms with E-state index >= 15 is 0 Å². The summed E-state index contributed by atoms with van der Waals surface area (Å²) in [4.78, 5) is 15.9. The summed E-state index contributed by atoms with van der Waals surface area (Å²) in [5, 5.41) is 6.47. The van der Waals surface area contributed by atoms with Crippen LogP contribution in [0.4, 0.5) is 0 Å². The van der Waals surface area contributed by atoms with E-state index in [0.29, 0.717) is 17.5 Å². The lowest BCUT2D eigenvalue weighted by atomic mass is 9.82. The third-order valence-electron chi connectivity index (χ3n) is 12.6. The summed E-state index contributed by atoms with van der Waals surface area (Å²) >= 11 is 1.79. The molecule has 0 saturated carbocycles. The number of thiophene rings is 1. The Labute approximate surface area is 348 Å². The Hall–Kier alpha value is -7.41. The van der Waals surface area contributed by atoms with Gasteiger partial charge < -0.3 is 8.83 Å². The monoisotopic (exact) mass is 787 g/mol. The molecule has 0 unspecified atom stereocenters. The summed E-state index contributed by atoms with van der Waals surface area (Å²) < 4.78 is 15.4. The lowest BCUT2D eigenvalue weighted by molar-refractivity contribution is 0.660. The maximum atomic E-state index is 6.61. The number of fused-ring (bicyclic) bond motifs is 12. The molecule has 60 heavy (non-hydrogen) atoms. The van der Waals surface area contributed by atoms with Gasteiger partial charge in [-0.15, -0.1) is 11.3 Å². The molecule has 4 aromatic heterocycles. The molecule has 0 aliphatic heterocycles. The standard InChI is InChI=1S/C54H33N3O2S/c1-54(2)40-18-6-3-13-35(40)48-32(15-9-19-41(48)54)30-25-27-43-39(28-30)50-38(17-11-22-45(50)59-43)53-56-51(31-24-26-34-33-12-5-8-23-46(33)60-47(34)29-31)55-52(57-53)37-16-10-21-44-49(37)36-14-4-7-20-42(36)58-44/h3-29H,1-2H3. The van der Waals surface area contributed by atoms with Crippen molar-refractivity contribution in [1.29, 1.82) is 0 Å². The summed E-state index contributed by atoms with van der Waals surface area (Å²) in [6.07, 6.45) is 0. The Balaban J connectivity index is 1.05. The second-order valence-corrected chi connectivity index (χ2v) is 17.4. The second kappa shape index (κ2) is 12.3. The van der Waals surface area contributed by atoms with E-state index in [-0.39, 0.29) is 5.41 Å². The predicted molar refractivity (Wildman–Crippen MR) is 247 cm³/mol. The number of para-hydroxylation sites is 1. The maximum Gasteiger partial charge on any atom is 0.164 e. The maximum absolute atomic E-state index is 6.61. The van der Waals surface area contributed by atoms with Gasteiger partial charge in [0.25, 0.3) is 0 Å². The van der Waals surface area contributed by atoms with E-state index in [2.05, 4.69) is 135 Å². The Bertz CT molecular complexity index is 3770. The number of hydrogen-bond donors (Lipinski definition) is 0. The van der Waals surface area contributed by atoms with Crippen LogP contribution in [-0.2, 0) is 5.41 Å². The normalized spacial score (nSPS) is 13.3. The molecule has 0 fully saturated rings. The number of rotatable bonds is 4. The first-order chi connectivity index (χ1) is 29.5. The van der Waals surface area contributed by atoms with Crippen LogP contribution in [0.25, 0.3) is 120 Å². The minimum absolute atomic E-state index is 0.0930. The third kappa shape index (κ3) is 4.76. The first kappa shape index (κ1) is 33.6. The van der Waals surface area contributed by atoms with Crippen LogP contribution in [0.3, 0.4) is 0 Å². The molecule has 0 amide bonds. The van der Waals surface area contributed by atoms with Crippen molar-refractivity contribution < 1.29 is 8.83 Å². The molecule has 0 N–H and O–H groups in total. The smallest absolute Gasteiger partial charge is 0.164 e. The first-order valence-electron chi connectivity index (χ1n) is 20.3. The molecule has 0 spiro atoms. The van der Waals surface area contributed by atoms with Crippen LogP contribution in [0, 0.1) is 0 Å². The molecule has 0 atom stereocenters. The van der Waals surface area contributed by atoms with E-state index in [9.17, 15) is 0 Å². The van der Waals surface area contributed by atoms with Crippen LogP contribution >= 0.6 is 11.3 Å². The number of aromatic nitrogens is 3. The van der Waals surface area contributed by atoms with Crippen molar-refractivity contribution >= 4 is 75.4 Å². The van der Waals surface area contributed by atoms with Gasteiger partial charge in [0.05, 0.1) is 0 Å². The molecule has 0 saturated heterocycles. The van der Waals surface area contributed by atoms with E-state index in [1.165, 1.54) is 48.0 Å². The van der Waals surface area contributed by atoms with Crippen LogP contribution in [0.2, 0.25) is 0 Å². The molecule has 13 rings (SSSR count). The van der Waals surface area contributed by atoms with Crippen molar-refractivity contribution in [3.05, 3.63) is 175 Å². The zero-order valence-corrected chi connectivity index (χ0v) is 33.5. The zero-order valence-electron chi connectivity index (χ0n) is 32.7. The minimum atomic E-state index is -0.0930. The lowest BCUT2D eigenvalue weighted by Crippen LogP contribution is -2.14. The van der Waals surface area contributed by atoms with Gasteiger partial charge >= 0.3 is 0 Å². The highest BCUT2D eigenvalue weighted by molar-refractivity contribution is 7.25. The van der Waals surface area contributed by atoms with Gasteiger partial charge in [-0.1, -0.05) is 135 Å². The van der Waals surface area contributed by atoms with Crippen molar-refractivity contribution in [2.24, 2.45) is 0 Å². The molecule has 8 aromatic carbocycles. The zero-order chi connectivity index (χ0) is 39.7. The topological polar surface area (TPSA) is 65.0 Å². The van der Waals surface area contributed by atoms with Crippen molar-refractivity contribution in [2.45, 2.75) is 19.3 Å². The SMILES string of the molecule is CC1(C)c2ccccc2-c2c(-c3ccc4oc5cccc(-c6nc(-c7ccc8c(c7)sc7ccccc78)nc(-c7cccc8oc9ccccc9c78)n6)c5c4c3)cccc21. The fourth-order valence-corrected chi connectivity index (χ4v) is 10.9. The number of hydrogen-bond acceptors (Lipinski definition) is 6. The van der Waals surface area contributed by atoms with Gasteiger partial charge in [0.15, 0.2) is 17.5 Å². The van der Waals surface area contributed by atoms with E-state index in [4.69, 9.17) is 23.8 Å². The fourth-order valence-electron chi connectivity index (χ4n) is 9.75. The first-order valence-corrected chi connectivity index (χ1v) is 21.1. The van der Waals surface area contributed by atoms with Crippen LogP contribution in [0.15, 0.2) is 173 Å². The van der Waals surface area contributed by atoms with Gasteiger partial charge in [-0.3, -0.25) is 0 Å². The number of furan rings is 2. The van der Waals surface area contributed by atoms with E-state index in [0.717, 1.165) is 66.1 Å². The van der Waals surface area contributed by atoms with Crippen molar-refractivity contribution in [3.8, 4) is 56.4 Å². The summed E-state index contributed by atoms with van der Waals surface area (Å²) in [5.41, 5.74) is 13.5. The molecule has 1 aliphatic rings.